The van der Waals surface area contributed by atoms with E-state index in [9.17, 15) is 0 Å². The monoisotopic (exact) mass is 203 g/mol. The van der Waals surface area contributed by atoms with E-state index in [0.29, 0.717) is 0 Å². The zero-order chi connectivity index (χ0) is 10.8. The van der Waals surface area contributed by atoms with Crippen LogP contribution in [0.3, 0.4) is 0 Å². The van der Waals surface area contributed by atoms with Crippen molar-refractivity contribution in [2.75, 3.05) is 6.61 Å². The third kappa shape index (κ3) is 1.72. The molecule has 0 aliphatic heterocycles. The smallest absolute Gasteiger partial charge is 0.128 e. The highest BCUT2D eigenvalue weighted by molar-refractivity contribution is 5.87. The highest BCUT2D eigenvalue weighted by atomic mass is 16.5. The zero-order valence-corrected chi connectivity index (χ0v) is 9.58. The molecule has 2 heteroatoms. The van der Waals surface area contributed by atoms with Gasteiger partial charge in [-0.05, 0) is 44.5 Å². The summed E-state index contributed by atoms with van der Waals surface area (Å²) in [6.07, 6.45) is 2.12. The quantitative estimate of drug-likeness (QED) is 0.746. The summed E-state index contributed by atoms with van der Waals surface area (Å²) >= 11 is 0. The molecular formula is C13H17NO. The van der Waals surface area contributed by atoms with Crippen molar-refractivity contribution in [1.29, 1.82) is 0 Å². The Labute approximate surface area is 90.5 Å². The van der Waals surface area contributed by atoms with Crippen LogP contribution < -0.4 is 4.74 Å². The lowest BCUT2D eigenvalue weighted by molar-refractivity contribution is 0.344. The summed E-state index contributed by atoms with van der Waals surface area (Å²) in [5.74, 6) is 1.000. The van der Waals surface area contributed by atoms with Gasteiger partial charge in [-0.2, -0.15) is 0 Å². The lowest BCUT2D eigenvalue weighted by Crippen LogP contribution is -1.95. The minimum atomic E-state index is 0.718. The molecular weight excluding hydrogens is 186 g/mol. The van der Waals surface area contributed by atoms with Gasteiger partial charge >= 0.3 is 0 Å². The van der Waals surface area contributed by atoms with E-state index >= 15 is 0 Å². The average Bonchev–Trinajstić information content (AvgIpc) is 2.61. The molecule has 0 aliphatic carbocycles. The lowest BCUT2D eigenvalue weighted by Gasteiger charge is -2.07. The topological polar surface area (TPSA) is 14.2 Å². The summed E-state index contributed by atoms with van der Waals surface area (Å²) in [4.78, 5) is 0. The predicted octanol–water partition coefficient (Wildman–Crippen LogP) is 3.37. The lowest BCUT2D eigenvalue weighted by atomic mass is 10.1. The maximum atomic E-state index is 5.64. The molecule has 0 unspecified atom stereocenters. The number of fused-ring (bicyclic) bond motifs is 1. The van der Waals surface area contributed by atoms with Gasteiger partial charge in [0, 0.05) is 18.1 Å². The molecule has 2 aromatic rings. The fourth-order valence-electron chi connectivity index (χ4n) is 1.95. The van der Waals surface area contributed by atoms with Crippen molar-refractivity contribution < 1.29 is 4.74 Å². The van der Waals surface area contributed by atoms with Crippen molar-refractivity contribution in [3.05, 3.63) is 30.0 Å². The number of benzene rings is 1. The van der Waals surface area contributed by atoms with Gasteiger partial charge in [0.2, 0.25) is 0 Å². The Balaban J connectivity index is 2.65. The van der Waals surface area contributed by atoms with Crippen LogP contribution in [0.15, 0.2) is 24.4 Å². The first kappa shape index (κ1) is 10.1. The number of hydrogen-bond donors (Lipinski definition) is 0. The van der Waals surface area contributed by atoms with E-state index in [-0.39, 0.29) is 0 Å². The molecule has 0 spiro atoms. The van der Waals surface area contributed by atoms with Crippen molar-refractivity contribution in [2.24, 2.45) is 0 Å². The van der Waals surface area contributed by atoms with Gasteiger partial charge in [-0.3, -0.25) is 0 Å². The third-order valence-corrected chi connectivity index (χ3v) is 2.64. The maximum absolute atomic E-state index is 5.64. The minimum absolute atomic E-state index is 0.718. The minimum Gasteiger partial charge on any atom is -0.493 e. The molecule has 1 aromatic carbocycles. The number of aryl methyl sites for hydroxylation is 2. The molecule has 2 rings (SSSR count). The summed E-state index contributed by atoms with van der Waals surface area (Å²) in [6, 6.07) is 6.44. The van der Waals surface area contributed by atoms with E-state index in [1.54, 1.807) is 0 Å². The fourth-order valence-corrected chi connectivity index (χ4v) is 1.95. The van der Waals surface area contributed by atoms with E-state index < -0.39 is 0 Å². The summed E-state index contributed by atoms with van der Waals surface area (Å²) < 4.78 is 7.89. The molecule has 0 amide bonds. The van der Waals surface area contributed by atoms with E-state index in [0.717, 1.165) is 18.9 Å². The van der Waals surface area contributed by atoms with Crippen molar-refractivity contribution in [3.63, 3.8) is 0 Å². The van der Waals surface area contributed by atoms with Crippen LogP contribution in [-0.2, 0) is 6.54 Å². The van der Waals surface area contributed by atoms with Crippen molar-refractivity contribution >= 4 is 10.9 Å². The summed E-state index contributed by atoms with van der Waals surface area (Å²) in [6.45, 7) is 8.00. The predicted molar refractivity (Wildman–Crippen MR) is 63.5 cm³/mol. The molecule has 0 atom stereocenters. The van der Waals surface area contributed by atoms with Gasteiger partial charge in [-0.25, -0.2) is 0 Å². The van der Waals surface area contributed by atoms with Crippen LogP contribution >= 0.6 is 0 Å². The second-order valence-electron chi connectivity index (χ2n) is 3.73. The highest BCUT2D eigenvalue weighted by Gasteiger charge is 2.06. The molecule has 1 heterocycles. The second kappa shape index (κ2) is 3.97. The number of ether oxygens (including phenoxy) is 1. The van der Waals surface area contributed by atoms with Gasteiger partial charge < -0.3 is 9.30 Å². The molecule has 0 radical (unpaired) electrons. The average molecular weight is 203 g/mol. The third-order valence-electron chi connectivity index (χ3n) is 2.64. The van der Waals surface area contributed by atoms with Crippen molar-refractivity contribution in [1.82, 2.24) is 4.57 Å². The second-order valence-corrected chi connectivity index (χ2v) is 3.73. The van der Waals surface area contributed by atoms with Crippen LogP contribution in [0.25, 0.3) is 10.9 Å². The Hall–Kier alpha value is -1.44. The first-order valence-electron chi connectivity index (χ1n) is 5.48. The molecule has 80 valence electrons. The van der Waals surface area contributed by atoms with Gasteiger partial charge in [-0.15, -0.1) is 0 Å². The van der Waals surface area contributed by atoms with Crippen LogP contribution in [0.5, 0.6) is 5.75 Å². The van der Waals surface area contributed by atoms with Gasteiger partial charge in [0.25, 0.3) is 0 Å². The molecule has 1 aromatic heterocycles. The first-order chi connectivity index (χ1) is 7.26. The summed E-state index contributed by atoms with van der Waals surface area (Å²) in [5, 5.41) is 1.21. The Morgan fingerprint density at radius 2 is 2.07 bits per heavy atom. The molecule has 0 aliphatic rings. The van der Waals surface area contributed by atoms with Crippen LogP contribution in [0.4, 0.5) is 0 Å². The van der Waals surface area contributed by atoms with Gasteiger partial charge in [0.05, 0.1) is 12.1 Å². The zero-order valence-electron chi connectivity index (χ0n) is 9.58. The Bertz CT molecular complexity index is 471. The fraction of sp³-hybridized carbons (Fsp3) is 0.385. The Kier molecular flexibility index (Phi) is 2.67. The van der Waals surface area contributed by atoms with Gasteiger partial charge in [-0.1, -0.05) is 0 Å². The highest BCUT2D eigenvalue weighted by Crippen LogP contribution is 2.28. The Morgan fingerprint density at radius 1 is 1.27 bits per heavy atom. The molecule has 15 heavy (non-hydrogen) atoms. The van der Waals surface area contributed by atoms with Crippen molar-refractivity contribution in [2.45, 2.75) is 27.3 Å². The first-order valence-corrected chi connectivity index (χ1v) is 5.48. The van der Waals surface area contributed by atoms with Gasteiger partial charge in [0.15, 0.2) is 0 Å². The Morgan fingerprint density at radius 3 is 2.73 bits per heavy atom. The van der Waals surface area contributed by atoms with E-state index in [2.05, 4.69) is 42.8 Å². The van der Waals surface area contributed by atoms with E-state index in [1.807, 2.05) is 6.92 Å². The summed E-state index contributed by atoms with van der Waals surface area (Å²) in [7, 11) is 0. The van der Waals surface area contributed by atoms with Crippen LogP contribution in [0, 0.1) is 6.92 Å². The summed E-state index contributed by atoms with van der Waals surface area (Å²) in [5.41, 5.74) is 2.51. The number of rotatable bonds is 3. The van der Waals surface area contributed by atoms with Gasteiger partial charge in [0.1, 0.15) is 5.75 Å². The standard InChI is InChI=1S/C13H17NO/c1-4-14-7-6-11-12(14)8-10(3)9-13(11)15-5-2/h6-9H,4-5H2,1-3H3. The number of nitrogens with zero attached hydrogens (tertiary/aromatic N) is 1. The SMILES string of the molecule is CCOc1cc(C)cc2c1ccn2CC. The van der Waals surface area contributed by atoms with E-state index in [1.165, 1.54) is 16.5 Å². The van der Waals surface area contributed by atoms with Crippen LogP contribution in [0.1, 0.15) is 19.4 Å². The molecule has 0 fully saturated rings. The molecule has 2 nitrogen and oxygen atoms in total. The molecule has 0 saturated carbocycles. The van der Waals surface area contributed by atoms with Crippen LogP contribution in [0.2, 0.25) is 0 Å². The van der Waals surface area contributed by atoms with Crippen molar-refractivity contribution in [3.8, 4) is 5.75 Å². The largest absolute Gasteiger partial charge is 0.493 e. The molecule has 0 bridgehead atoms. The molecule has 0 N–H and O–H groups in total. The molecule has 0 saturated heterocycles. The number of aromatic nitrogens is 1. The number of hydrogen-bond acceptors (Lipinski definition) is 1. The maximum Gasteiger partial charge on any atom is 0.128 e. The normalized spacial score (nSPS) is 10.9. The van der Waals surface area contributed by atoms with E-state index in [4.69, 9.17) is 4.74 Å². The van der Waals surface area contributed by atoms with Crippen LogP contribution in [-0.4, -0.2) is 11.2 Å².